The number of nitrogens with two attached hydrogens (primary N) is 1. The monoisotopic (exact) mass is 385 g/mol. The molecule has 0 atom stereocenters. The van der Waals surface area contributed by atoms with Crippen molar-refractivity contribution in [2.24, 2.45) is 0 Å². The molecule has 0 saturated heterocycles. The third-order valence-electron chi connectivity index (χ3n) is 4.01. The van der Waals surface area contributed by atoms with Crippen molar-refractivity contribution in [1.29, 1.82) is 0 Å². The Morgan fingerprint density at radius 1 is 1.19 bits per heavy atom. The number of nitrogen functional groups attached to an aromatic ring is 1. The van der Waals surface area contributed by atoms with Crippen molar-refractivity contribution in [3.05, 3.63) is 62.4 Å². The zero-order valence-electron chi connectivity index (χ0n) is 14.7. The molecule has 0 saturated carbocycles. The number of benzene rings is 2. The van der Waals surface area contributed by atoms with Gasteiger partial charge in [0.25, 0.3) is 5.91 Å². The van der Waals surface area contributed by atoms with E-state index in [0.29, 0.717) is 14.6 Å². The van der Waals surface area contributed by atoms with Gasteiger partial charge in [-0.2, -0.15) is 0 Å². The molecule has 7 heteroatoms. The highest BCUT2D eigenvalue weighted by atomic mass is 32.1. The van der Waals surface area contributed by atoms with Gasteiger partial charge in [0.15, 0.2) is 3.95 Å². The molecule has 1 aromatic heterocycles. The highest BCUT2D eigenvalue weighted by molar-refractivity contribution is 7.73. The number of hydrogen-bond acceptors (Lipinski definition) is 5. The maximum Gasteiger partial charge on any atom is 0.269 e. The third-order valence-corrected chi connectivity index (χ3v) is 5.40. The minimum Gasteiger partial charge on any atom is -0.497 e. The molecule has 0 aliphatic rings. The fourth-order valence-corrected chi connectivity index (χ4v) is 3.92. The molecule has 26 heavy (non-hydrogen) atoms. The molecule has 0 unspecified atom stereocenters. The van der Waals surface area contributed by atoms with Crippen LogP contribution in [0.15, 0.2) is 42.5 Å². The van der Waals surface area contributed by atoms with Crippen LogP contribution in [0.1, 0.15) is 20.8 Å². The number of nitrogens with one attached hydrogen (secondary N) is 1. The van der Waals surface area contributed by atoms with Crippen molar-refractivity contribution < 1.29 is 9.53 Å². The molecule has 3 aromatic rings. The minimum absolute atomic E-state index is 0.266. The molecule has 0 bridgehead atoms. The minimum atomic E-state index is -0.266. The van der Waals surface area contributed by atoms with E-state index in [4.69, 9.17) is 22.7 Å². The first-order chi connectivity index (χ1) is 12.4. The topological polar surface area (TPSA) is 69.3 Å². The largest absolute Gasteiger partial charge is 0.497 e. The van der Waals surface area contributed by atoms with Gasteiger partial charge in [-0.25, -0.2) is 0 Å². The summed E-state index contributed by atoms with van der Waals surface area (Å²) in [4.78, 5) is 13.1. The lowest BCUT2D eigenvalue weighted by atomic mass is 10.1. The standard InChI is InChI=1S/C19H19N3O2S2/c1-11-4-9-15(12(2)10-11)21-18(23)16-17(20)22(19(25)26-16)13-5-7-14(24-3)8-6-13/h4-10H,20H2,1-3H3,(H,21,23). The van der Waals surface area contributed by atoms with Gasteiger partial charge in [0.2, 0.25) is 0 Å². The van der Waals surface area contributed by atoms with E-state index < -0.39 is 0 Å². The average Bonchev–Trinajstić information content (AvgIpc) is 2.92. The van der Waals surface area contributed by atoms with E-state index in [9.17, 15) is 4.79 Å². The van der Waals surface area contributed by atoms with Crippen LogP contribution in [0, 0.1) is 17.8 Å². The first-order valence-electron chi connectivity index (χ1n) is 7.95. The second-order valence-corrected chi connectivity index (χ2v) is 7.53. The molecule has 5 nitrogen and oxygen atoms in total. The zero-order valence-corrected chi connectivity index (χ0v) is 16.3. The van der Waals surface area contributed by atoms with Gasteiger partial charge >= 0.3 is 0 Å². The Bertz CT molecular complexity index is 1020. The molecular formula is C19H19N3O2S2. The van der Waals surface area contributed by atoms with Crippen LogP contribution in [0.4, 0.5) is 11.5 Å². The van der Waals surface area contributed by atoms with Crippen molar-refractivity contribution >= 4 is 41.0 Å². The predicted octanol–water partition coefficient (Wildman–Crippen LogP) is 4.73. The van der Waals surface area contributed by atoms with Crippen molar-refractivity contribution in [3.8, 4) is 11.4 Å². The quantitative estimate of drug-likeness (QED) is 0.637. The number of aryl methyl sites for hydroxylation is 2. The Morgan fingerprint density at radius 3 is 2.50 bits per heavy atom. The van der Waals surface area contributed by atoms with Crippen LogP contribution in [0.5, 0.6) is 5.75 Å². The highest BCUT2D eigenvalue weighted by Crippen LogP contribution is 2.28. The molecule has 0 aliphatic heterocycles. The molecule has 1 amide bonds. The summed E-state index contributed by atoms with van der Waals surface area (Å²) in [6.45, 7) is 3.97. The van der Waals surface area contributed by atoms with E-state index in [1.54, 1.807) is 11.7 Å². The number of nitrogens with zero attached hydrogens (tertiary/aromatic N) is 1. The van der Waals surface area contributed by atoms with Gasteiger partial charge in [-0.1, -0.05) is 29.0 Å². The smallest absolute Gasteiger partial charge is 0.269 e. The summed E-state index contributed by atoms with van der Waals surface area (Å²) in [5, 5.41) is 2.92. The number of carbonyl (C=O) groups excluding carboxylic acids is 1. The summed E-state index contributed by atoms with van der Waals surface area (Å²) in [5.41, 5.74) is 9.92. The SMILES string of the molecule is COc1ccc(-n2c(N)c(C(=O)Nc3ccc(C)cc3C)sc2=S)cc1. The van der Waals surface area contributed by atoms with E-state index in [-0.39, 0.29) is 5.91 Å². The molecule has 3 N–H and O–H groups in total. The molecule has 2 aromatic carbocycles. The van der Waals surface area contributed by atoms with Crippen LogP contribution in [0.25, 0.3) is 5.69 Å². The normalized spacial score (nSPS) is 10.6. The lowest BCUT2D eigenvalue weighted by Gasteiger charge is -2.10. The Balaban J connectivity index is 1.93. The number of amides is 1. The summed E-state index contributed by atoms with van der Waals surface area (Å²) in [6.07, 6.45) is 0. The maximum atomic E-state index is 12.7. The second-order valence-electron chi connectivity index (χ2n) is 5.89. The van der Waals surface area contributed by atoms with Gasteiger partial charge in [0.1, 0.15) is 16.4 Å². The van der Waals surface area contributed by atoms with Crippen molar-refractivity contribution in [2.75, 3.05) is 18.2 Å². The summed E-state index contributed by atoms with van der Waals surface area (Å²) < 4.78 is 7.37. The Labute approximate surface area is 161 Å². The summed E-state index contributed by atoms with van der Waals surface area (Å²) in [7, 11) is 1.61. The number of aromatic nitrogens is 1. The number of thiazole rings is 1. The lowest BCUT2D eigenvalue weighted by Crippen LogP contribution is -2.14. The number of methoxy groups -OCH3 is 1. The molecule has 0 radical (unpaired) electrons. The molecular weight excluding hydrogens is 366 g/mol. The summed E-state index contributed by atoms with van der Waals surface area (Å²) in [5.74, 6) is 0.798. The molecule has 0 aliphatic carbocycles. The van der Waals surface area contributed by atoms with Gasteiger partial charge in [0, 0.05) is 11.4 Å². The van der Waals surface area contributed by atoms with E-state index in [2.05, 4.69) is 5.32 Å². The fraction of sp³-hybridized carbons (Fsp3) is 0.158. The van der Waals surface area contributed by atoms with Crippen LogP contribution in [0.2, 0.25) is 0 Å². The first kappa shape index (κ1) is 18.2. The number of anilines is 2. The molecule has 1 heterocycles. The highest BCUT2D eigenvalue weighted by Gasteiger charge is 2.19. The second kappa shape index (κ2) is 7.31. The van der Waals surface area contributed by atoms with E-state index in [1.165, 1.54) is 11.3 Å². The van der Waals surface area contributed by atoms with E-state index >= 15 is 0 Å². The van der Waals surface area contributed by atoms with Crippen LogP contribution in [0.3, 0.4) is 0 Å². The predicted molar refractivity (Wildman–Crippen MR) is 109 cm³/mol. The van der Waals surface area contributed by atoms with Crippen LogP contribution in [-0.4, -0.2) is 17.6 Å². The first-order valence-corrected chi connectivity index (χ1v) is 9.17. The summed E-state index contributed by atoms with van der Waals surface area (Å²) in [6, 6.07) is 13.2. The Kier molecular flexibility index (Phi) is 5.11. The van der Waals surface area contributed by atoms with E-state index in [0.717, 1.165) is 28.3 Å². The van der Waals surface area contributed by atoms with E-state index in [1.807, 2.05) is 56.3 Å². The van der Waals surface area contributed by atoms with Gasteiger partial charge in [0.05, 0.1) is 7.11 Å². The fourth-order valence-electron chi connectivity index (χ4n) is 2.66. The molecule has 0 spiro atoms. The lowest BCUT2D eigenvalue weighted by molar-refractivity contribution is 0.103. The number of rotatable bonds is 4. The molecule has 134 valence electrons. The number of hydrogen-bond donors (Lipinski definition) is 2. The van der Waals surface area contributed by atoms with Gasteiger partial charge in [-0.05, 0) is 62.0 Å². The average molecular weight is 386 g/mol. The van der Waals surface area contributed by atoms with Crippen LogP contribution >= 0.6 is 23.6 Å². The molecule has 0 fully saturated rings. The Hall–Kier alpha value is -2.64. The third kappa shape index (κ3) is 3.49. The van der Waals surface area contributed by atoms with Gasteiger partial charge in [-0.15, -0.1) is 0 Å². The number of ether oxygens (including phenoxy) is 1. The van der Waals surface area contributed by atoms with Gasteiger partial charge < -0.3 is 15.8 Å². The van der Waals surface area contributed by atoms with Crippen LogP contribution in [-0.2, 0) is 0 Å². The van der Waals surface area contributed by atoms with Crippen molar-refractivity contribution in [1.82, 2.24) is 4.57 Å². The van der Waals surface area contributed by atoms with Crippen LogP contribution < -0.4 is 15.8 Å². The molecule has 3 rings (SSSR count). The zero-order chi connectivity index (χ0) is 18.8. The summed E-state index contributed by atoms with van der Waals surface area (Å²) >= 11 is 6.61. The van der Waals surface area contributed by atoms with Crippen molar-refractivity contribution in [3.63, 3.8) is 0 Å². The number of carbonyl (C=O) groups is 1. The Morgan fingerprint density at radius 2 is 1.88 bits per heavy atom. The van der Waals surface area contributed by atoms with Gasteiger partial charge in [-0.3, -0.25) is 9.36 Å². The maximum absolute atomic E-state index is 12.7. The van der Waals surface area contributed by atoms with Crippen molar-refractivity contribution in [2.45, 2.75) is 13.8 Å².